The maximum atomic E-state index is 3.60. The summed E-state index contributed by atoms with van der Waals surface area (Å²) < 4.78 is 0. The standard InChI is InChI=1S/C17H24N2S/c1-13-7-5-8-15(14(13)2)11-18-12-16(19(3)4)17-9-6-10-20-17/h5-10,16,18H,11-12H2,1-4H3. The van der Waals surface area contributed by atoms with Crippen LogP contribution in [0.4, 0.5) is 0 Å². The Hall–Kier alpha value is -1.16. The molecule has 0 aliphatic heterocycles. The molecule has 1 atom stereocenters. The Morgan fingerprint density at radius 2 is 1.95 bits per heavy atom. The molecule has 0 saturated heterocycles. The van der Waals surface area contributed by atoms with E-state index in [-0.39, 0.29) is 0 Å². The van der Waals surface area contributed by atoms with E-state index in [2.05, 4.69) is 73.9 Å². The summed E-state index contributed by atoms with van der Waals surface area (Å²) in [6.07, 6.45) is 0. The van der Waals surface area contributed by atoms with Crippen molar-refractivity contribution in [1.82, 2.24) is 10.2 Å². The third kappa shape index (κ3) is 3.69. The zero-order chi connectivity index (χ0) is 14.5. The highest BCUT2D eigenvalue weighted by Crippen LogP contribution is 2.22. The summed E-state index contributed by atoms with van der Waals surface area (Å²) in [5, 5.41) is 5.75. The Morgan fingerprint density at radius 1 is 1.15 bits per heavy atom. The summed E-state index contributed by atoms with van der Waals surface area (Å²) in [6.45, 7) is 6.28. The number of nitrogens with one attached hydrogen (secondary N) is 1. The molecule has 0 aliphatic carbocycles. The monoisotopic (exact) mass is 288 g/mol. The van der Waals surface area contributed by atoms with Crippen molar-refractivity contribution in [3.63, 3.8) is 0 Å². The van der Waals surface area contributed by atoms with Crippen LogP contribution in [0.1, 0.15) is 27.6 Å². The normalized spacial score (nSPS) is 12.8. The molecule has 20 heavy (non-hydrogen) atoms. The maximum absolute atomic E-state index is 3.60. The fourth-order valence-corrected chi connectivity index (χ4v) is 3.29. The number of rotatable bonds is 6. The van der Waals surface area contributed by atoms with Crippen LogP contribution >= 0.6 is 11.3 Å². The van der Waals surface area contributed by atoms with Gasteiger partial charge in [-0.1, -0.05) is 24.3 Å². The number of nitrogens with zero attached hydrogens (tertiary/aromatic N) is 1. The van der Waals surface area contributed by atoms with E-state index in [1.165, 1.54) is 21.6 Å². The van der Waals surface area contributed by atoms with E-state index in [4.69, 9.17) is 0 Å². The molecule has 1 aromatic carbocycles. The van der Waals surface area contributed by atoms with Gasteiger partial charge in [-0.15, -0.1) is 11.3 Å². The molecule has 3 heteroatoms. The number of likely N-dealkylation sites (N-methyl/N-ethyl adjacent to an activating group) is 1. The van der Waals surface area contributed by atoms with Gasteiger partial charge in [0.2, 0.25) is 0 Å². The first-order valence-electron chi connectivity index (χ1n) is 7.05. The predicted molar refractivity (Wildman–Crippen MR) is 88.4 cm³/mol. The van der Waals surface area contributed by atoms with Crippen LogP contribution in [-0.4, -0.2) is 25.5 Å². The average molecular weight is 288 g/mol. The zero-order valence-corrected chi connectivity index (χ0v) is 13.6. The molecule has 1 aromatic heterocycles. The molecule has 1 unspecified atom stereocenters. The molecule has 2 rings (SSSR count). The van der Waals surface area contributed by atoms with E-state index in [1.54, 1.807) is 0 Å². The SMILES string of the molecule is Cc1cccc(CNCC(c2cccs2)N(C)C)c1C. The van der Waals surface area contributed by atoms with Crippen molar-refractivity contribution >= 4 is 11.3 Å². The lowest BCUT2D eigenvalue weighted by atomic mass is 10.0. The van der Waals surface area contributed by atoms with Gasteiger partial charge < -0.3 is 10.2 Å². The van der Waals surface area contributed by atoms with Gasteiger partial charge in [-0.25, -0.2) is 0 Å². The summed E-state index contributed by atoms with van der Waals surface area (Å²) in [6, 6.07) is 11.3. The lowest BCUT2D eigenvalue weighted by Crippen LogP contribution is -2.30. The lowest BCUT2D eigenvalue weighted by molar-refractivity contribution is 0.292. The van der Waals surface area contributed by atoms with Gasteiger partial charge >= 0.3 is 0 Å². The van der Waals surface area contributed by atoms with Crippen molar-refractivity contribution < 1.29 is 0 Å². The second-order valence-electron chi connectivity index (χ2n) is 5.48. The van der Waals surface area contributed by atoms with Gasteiger partial charge in [-0.2, -0.15) is 0 Å². The molecule has 0 radical (unpaired) electrons. The van der Waals surface area contributed by atoms with E-state index in [9.17, 15) is 0 Å². The Bertz CT molecular complexity index is 532. The van der Waals surface area contributed by atoms with Crippen molar-refractivity contribution in [3.05, 3.63) is 57.3 Å². The van der Waals surface area contributed by atoms with Crippen LogP contribution in [0.15, 0.2) is 35.7 Å². The minimum atomic E-state index is 0.445. The molecule has 0 spiro atoms. The Labute approximate surface area is 126 Å². The van der Waals surface area contributed by atoms with Crippen molar-refractivity contribution in [2.24, 2.45) is 0 Å². The van der Waals surface area contributed by atoms with E-state index in [0.717, 1.165) is 13.1 Å². The van der Waals surface area contributed by atoms with Crippen molar-refractivity contribution in [1.29, 1.82) is 0 Å². The zero-order valence-electron chi connectivity index (χ0n) is 12.8. The van der Waals surface area contributed by atoms with Crippen LogP contribution in [0.2, 0.25) is 0 Å². The molecule has 2 nitrogen and oxygen atoms in total. The number of aryl methyl sites for hydroxylation is 1. The summed E-state index contributed by atoms with van der Waals surface area (Å²) in [4.78, 5) is 3.70. The second kappa shape index (κ2) is 7.02. The minimum Gasteiger partial charge on any atom is -0.311 e. The predicted octanol–water partition coefficient (Wildman–Crippen LogP) is 3.76. The molecule has 1 heterocycles. The average Bonchev–Trinajstić information content (AvgIpc) is 2.92. The van der Waals surface area contributed by atoms with Gasteiger partial charge in [-0.05, 0) is 56.1 Å². The Balaban J connectivity index is 1.96. The van der Waals surface area contributed by atoms with Crippen LogP contribution in [0.3, 0.4) is 0 Å². The third-order valence-electron chi connectivity index (χ3n) is 3.86. The van der Waals surface area contributed by atoms with E-state index < -0.39 is 0 Å². The van der Waals surface area contributed by atoms with Gasteiger partial charge in [0.25, 0.3) is 0 Å². The molecule has 0 bridgehead atoms. The largest absolute Gasteiger partial charge is 0.311 e. The van der Waals surface area contributed by atoms with Gasteiger partial charge in [0.15, 0.2) is 0 Å². The van der Waals surface area contributed by atoms with Gasteiger partial charge in [0, 0.05) is 18.0 Å². The summed E-state index contributed by atoms with van der Waals surface area (Å²) in [7, 11) is 4.29. The molecule has 108 valence electrons. The Kier molecular flexibility index (Phi) is 5.35. The van der Waals surface area contributed by atoms with Crippen LogP contribution in [0, 0.1) is 13.8 Å². The van der Waals surface area contributed by atoms with Crippen LogP contribution in [-0.2, 0) is 6.54 Å². The third-order valence-corrected chi connectivity index (χ3v) is 4.84. The fraction of sp³-hybridized carbons (Fsp3) is 0.412. The number of benzene rings is 1. The van der Waals surface area contributed by atoms with E-state index in [1.807, 2.05) is 11.3 Å². The Morgan fingerprint density at radius 3 is 2.60 bits per heavy atom. The highest BCUT2D eigenvalue weighted by molar-refractivity contribution is 7.10. The maximum Gasteiger partial charge on any atom is 0.0561 e. The van der Waals surface area contributed by atoms with Crippen molar-refractivity contribution in [3.8, 4) is 0 Å². The van der Waals surface area contributed by atoms with Crippen molar-refractivity contribution in [2.45, 2.75) is 26.4 Å². The summed E-state index contributed by atoms with van der Waals surface area (Å²) in [5.74, 6) is 0. The first-order chi connectivity index (χ1) is 9.59. The molecular formula is C17H24N2S. The summed E-state index contributed by atoms with van der Waals surface area (Å²) >= 11 is 1.83. The first-order valence-corrected chi connectivity index (χ1v) is 7.93. The highest BCUT2D eigenvalue weighted by atomic mass is 32.1. The van der Waals surface area contributed by atoms with E-state index >= 15 is 0 Å². The molecular weight excluding hydrogens is 264 g/mol. The van der Waals surface area contributed by atoms with Crippen LogP contribution < -0.4 is 5.32 Å². The molecule has 0 aliphatic rings. The van der Waals surface area contributed by atoms with Gasteiger partial charge in [-0.3, -0.25) is 0 Å². The molecule has 0 saturated carbocycles. The quantitative estimate of drug-likeness (QED) is 0.870. The number of hydrogen-bond acceptors (Lipinski definition) is 3. The fourth-order valence-electron chi connectivity index (χ4n) is 2.37. The van der Waals surface area contributed by atoms with Crippen LogP contribution in [0.25, 0.3) is 0 Å². The lowest BCUT2D eigenvalue weighted by Gasteiger charge is -2.24. The molecule has 0 fully saturated rings. The number of hydrogen-bond donors (Lipinski definition) is 1. The topological polar surface area (TPSA) is 15.3 Å². The molecule has 1 N–H and O–H groups in total. The summed E-state index contributed by atoms with van der Waals surface area (Å²) in [5.41, 5.74) is 4.16. The van der Waals surface area contributed by atoms with Crippen molar-refractivity contribution in [2.75, 3.05) is 20.6 Å². The van der Waals surface area contributed by atoms with Gasteiger partial charge in [0.1, 0.15) is 0 Å². The highest BCUT2D eigenvalue weighted by Gasteiger charge is 2.14. The van der Waals surface area contributed by atoms with E-state index in [0.29, 0.717) is 6.04 Å². The smallest absolute Gasteiger partial charge is 0.0561 e. The minimum absolute atomic E-state index is 0.445. The first kappa shape index (κ1) is 15.2. The second-order valence-corrected chi connectivity index (χ2v) is 6.46. The number of thiophene rings is 1. The molecule has 0 amide bonds. The van der Waals surface area contributed by atoms with Gasteiger partial charge in [0.05, 0.1) is 6.04 Å². The molecule has 2 aromatic rings. The van der Waals surface area contributed by atoms with Crippen LogP contribution in [0.5, 0.6) is 0 Å².